The lowest BCUT2D eigenvalue weighted by Gasteiger charge is -2.10. The Morgan fingerprint density at radius 1 is 1.03 bits per heavy atom. The van der Waals surface area contributed by atoms with E-state index in [9.17, 15) is 17.6 Å². The van der Waals surface area contributed by atoms with Crippen molar-refractivity contribution in [2.75, 3.05) is 10.0 Å². The molecule has 2 N–H and O–H groups in total. The molecule has 1 amide bonds. The number of rotatable bonds is 6. The van der Waals surface area contributed by atoms with E-state index in [1.54, 1.807) is 30.5 Å². The van der Waals surface area contributed by atoms with Gasteiger partial charge in [0.05, 0.1) is 21.8 Å². The number of aromatic nitrogens is 2. The normalized spacial score (nSPS) is 17.4. The molecule has 0 spiro atoms. The first-order chi connectivity index (χ1) is 16.3. The molecule has 1 fully saturated rings. The summed E-state index contributed by atoms with van der Waals surface area (Å²) in [7, 11) is -3.97. The molecule has 2 aromatic carbocycles. The van der Waals surface area contributed by atoms with Crippen LogP contribution in [-0.2, 0) is 14.8 Å². The highest BCUT2D eigenvalue weighted by molar-refractivity contribution is 7.92. The van der Waals surface area contributed by atoms with E-state index in [0.717, 1.165) is 16.8 Å². The highest BCUT2D eigenvalue weighted by atomic mass is 35.5. The summed E-state index contributed by atoms with van der Waals surface area (Å²) in [6, 6.07) is 12.2. The highest BCUT2D eigenvalue weighted by Crippen LogP contribution is 2.49. The van der Waals surface area contributed by atoms with E-state index in [2.05, 4.69) is 20.0 Å². The molecule has 2 aromatic heterocycles. The minimum atomic E-state index is -3.97. The van der Waals surface area contributed by atoms with Crippen LogP contribution in [0.5, 0.6) is 0 Å². The van der Waals surface area contributed by atoms with Gasteiger partial charge in [0.2, 0.25) is 5.91 Å². The predicted molar refractivity (Wildman–Crippen MR) is 128 cm³/mol. The van der Waals surface area contributed by atoms with E-state index in [-0.39, 0.29) is 22.4 Å². The number of halogens is 2. The molecule has 1 aliphatic carbocycles. The monoisotopic (exact) mass is 496 g/mol. The van der Waals surface area contributed by atoms with Gasteiger partial charge >= 0.3 is 0 Å². The number of nitrogens with one attached hydrogen (secondary N) is 2. The number of amides is 1. The van der Waals surface area contributed by atoms with Gasteiger partial charge in [0, 0.05) is 41.0 Å². The summed E-state index contributed by atoms with van der Waals surface area (Å²) in [5, 5.41) is 4.95. The summed E-state index contributed by atoms with van der Waals surface area (Å²) in [5.74, 6) is -1.63. The summed E-state index contributed by atoms with van der Waals surface area (Å²) in [5.41, 5.74) is 1.17. The summed E-state index contributed by atoms with van der Waals surface area (Å²) >= 11 is 6.18. The zero-order valence-corrected chi connectivity index (χ0v) is 19.1. The molecule has 4 aromatic rings. The largest absolute Gasteiger partial charge is 0.326 e. The lowest BCUT2D eigenvalue weighted by molar-refractivity contribution is -0.117. The number of hydrogen-bond donors (Lipinski definition) is 2. The fraction of sp³-hybridized carbons (Fsp3) is 0.125. The number of carbonyl (C=O) groups is 1. The Labute approximate surface area is 200 Å². The molecule has 0 radical (unpaired) electrons. The van der Waals surface area contributed by atoms with Crippen molar-refractivity contribution in [3.63, 3.8) is 0 Å². The van der Waals surface area contributed by atoms with E-state index in [4.69, 9.17) is 11.6 Å². The average molecular weight is 497 g/mol. The van der Waals surface area contributed by atoms with Crippen molar-refractivity contribution in [1.82, 2.24) is 9.97 Å². The molecular formula is C24H18ClFN4O3S. The van der Waals surface area contributed by atoms with Crippen LogP contribution in [0.15, 0.2) is 78.2 Å². The molecular weight excluding hydrogens is 479 g/mol. The topological polar surface area (TPSA) is 101 Å². The number of benzene rings is 2. The van der Waals surface area contributed by atoms with Crippen LogP contribution in [0.1, 0.15) is 17.9 Å². The van der Waals surface area contributed by atoms with Gasteiger partial charge in [0.1, 0.15) is 5.82 Å². The van der Waals surface area contributed by atoms with E-state index in [1.807, 2.05) is 6.07 Å². The van der Waals surface area contributed by atoms with Crippen molar-refractivity contribution >= 4 is 49.7 Å². The van der Waals surface area contributed by atoms with E-state index >= 15 is 0 Å². The molecule has 2 atom stereocenters. The molecule has 1 saturated carbocycles. The molecule has 7 nitrogen and oxygen atoms in total. The van der Waals surface area contributed by atoms with E-state index < -0.39 is 21.8 Å². The first-order valence-corrected chi connectivity index (χ1v) is 12.2. The van der Waals surface area contributed by atoms with Crippen LogP contribution < -0.4 is 10.0 Å². The second-order valence-electron chi connectivity index (χ2n) is 8.03. The zero-order valence-electron chi connectivity index (χ0n) is 17.6. The number of hydrogen-bond acceptors (Lipinski definition) is 5. The second kappa shape index (κ2) is 8.66. The highest BCUT2D eigenvalue weighted by Gasteiger charge is 2.45. The lowest BCUT2D eigenvalue weighted by atomic mass is 10.1. The van der Waals surface area contributed by atoms with Crippen molar-refractivity contribution in [3.05, 3.63) is 89.7 Å². The molecule has 0 bridgehead atoms. The summed E-state index contributed by atoms with van der Waals surface area (Å²) in [4.78, 5) is 20.4. The van der Waals surface area contributed by atoms with Gasteiger partial charge in [-0.2, -0.15) is 0 Å². The van der Waals surface area contributed by atoms with Gasteiger partial charge in [-0.1, -0.05) is 23.7 Å². The van der Waals surface area contributed by atoms with Gasteiger partial charge in [-0.15, -0.1) is 0 Å². The van der Waals surface area contributed by atoms with Gasteiger partial charge in [-0.25, -0.2) is 12.8 Å². The molecule has 34 heavy (non-hydrogen) atoms. The summed E-state index contributed by atoms with van der Waals surface area (Å²) in [6.07, 6.45) is 6.56. The van der Waals surface area contributed by atoms with Crippen molar-refractivity contribution in [2.24, 2.45) is 5.92 Å². The van der Waals surface area contributed by atoms with Crippen molar-refractivity contribution in [3.8, 4) is 0 Å². The lowest BCUT2D eigenvalue weighted by Crippen LogP contribution is -2.15. The number of sulfonamides is 1. The standard InChI is InChI=1S/C24H18ClFN4O3S/c25-22-13-28-11-14-3-4-15(8-19(14)22)29-24(31)21-10-20(21)18-6-5-17(9-23(18)26)34(32,33)30-16-2-1-7-27-12-16/h1-9,11-13,20-21,30H,10H2,(H,29,31)/t20?,21-/m1/s1. The Hall–Kier alpha value is -3.56. The Bertz CT molecular complexity index is 1520. The molecule has 0 aliphatic heterocycles. The van der Waals surface area contributed by atoms with Gasteiger partial charge in [0.25, 0.3) is 10.0 Å². The Morgan fingerprint density at radius 2 is 1.88 bits per heavy atom. The third-order valence-corrected chi connectivity index (χ3v) is 7.38. The van der Waals surface area contributed by atoms with Crippen LogP contribution in [0.4, 0.5) is 15.8 Å². The smallest absolute Gasteiger partial charge is 0.262 e. The molecule has 2 heterocycles. The fourth-order valence-electron chi connectivity index (χ4n) is 3.88. The number of nitrogens with zero attached hydrogens (tertiary/aromatic N) is 2. The first-order valence-electron chi connectivity index (χ1n) is 10.4. The predicted octanol–water partition coefficient (Wildman–Crippen LogP) is 4.97. The Kier molecular flexibility index (Phi) is 5.66. The fourth-order valence-corrected chi connectivity index (χ4v) is 5.16. The van der Waals surface area contributed by atoms with Gasteiger partial charge < -0.3 is 5.32 Å². The minimum Gasteiger partial charge on any atom is -0.326 e. The van der Waals surface area contributed by atoms with Gasteiger partial charge in [0.15, 0.2) is 0 Å². The molecule has 1 aliphatic rings. The SMILES string of the molecule is O=C(Nc1ccc2cncc(Cl)c2c1)[C@@H]1CC1c1ccc(S(=O)(=O)Nc2cccnc2)cc1F. The Morgan fingerprint density at radius 3 is 2.65 bits per heavy atom. The third kappa shape index (κ3) is 4.44. The maximum Gasteiger partial charge on any atom is 0.262 e. The third-order valence-electron chi connectivity index (χ3n) is 5.70. The van der Waals surface area contributed by atoms with Crippen molar-refractivity contribution in [2.45, 2.75) is 17.2 Å². The number of carbonyl (C=O) groups excluding carboxylic acids is 1. The molecule has 1 unspecified atom stereocenters. The second-order valence-corrected chi connectivity index (χ2v) is 10.1. The molecule has 10 heteroatoms. The number of fused-ring (bicyclic) bond motifs is 1. The maximum atomic E-state index is 14.8. The summed E-state index contributed by atoms with van der Waals surface area (Å²) in [6.45, 7) is 0. The van der Waals surface area contributed by atoms with E-state index in [0.29, 0.717) is 22.7 Å². The van der Waals surface area contributed by atoms with Crippen LogP contribution in [0.25, 0.3) is 10.8 Å². The maximum absolute atomic E-state index is 14.8. The van der Waals surface area contributed by atoms with Gasteiger partial charge in [-0.05, 0) is 54.3 Å². The minimum absolute atomic E-state index is 0.207. The average Bonchev–Trinajstić information content (AvgIpc) is 3.61. The molecule has 5 rings (SSSR count). The molecule has 0 saturated heterocycles. The van der Waals surface area contributed by atoms with Gasteiger partial charge in [-0.3, -0.25) is 19.5 Å². The van der Waals surface area contributed by atoms with Crippen LogP contribution in [-0.4, -0.2) is 24.3 Å². The number of pyridine rings is 2. The van der Waals surface area contributed by atoms with Crippen molar-refractivity contribution in [1.29, 1.82) is 0 Å². The molecule has 172 valence electrons. The summed E-state index contributed by atoms with van der Waals surface area (Å²) < 4.78 is 42.3. The van der Waals surface area contributed by atoms with Crippen LogP contribution >= 0.6 is 11.6 Å². The zero-order chi connectivity index (χ0) is 23.9. The Balaban J connectivity index is 1.29. The quantitative estimate of drug-likeness (QED) is 0.392. The van der Waals surface area contributed by atoms with Crippen molar-refractivity contribution < 1.29 is 17.6 Å². The van der Waals surface area contributed by atoms with Crippen LogP contribution in [0.3, 0.4) is 0 Å². The van der Waals surface area contributed by atoms with Crippen LogP contribution in [0.2, 0.25) is 5.02 Å². The van der Waals surface area contributed by atoms with E-state index in [1.165, 1.54) is 30.7 Å². The van der Waals surface area contributed by atoms with Crippen LogP contribution in [0, 0.1) is 11.7 Å². The first kappa shape index (κ1) is 22.2. The number of anilines is 2.